The Balaban J connectivity index is 2.00. The first-order valence-electron chi connectivity index (χ1n) is 8.40. The van der Waals surface area contributed by atoms with Crippen LogP contribution in [0.4, 0.5) is 13.2 Å². The van der Waals surface area contributed by atoms with Crippen molar-refractivity contribution in [3.05, 3.63) is 69.7 Å². The zero-order valence-corrected chi connectivity index (χ0v) is 16.3. The molecule has 2 aromatic carbocycles. The van der Waals surface area contributed by atoms with Gasteiger partial charge < -0.3 is 0 Å². The number of imide groups is 1. The number of nitrogens with zero attached hydrogens (tertiary/aromatic N) is 1. The van der Waals surface area contributed by atoms with E-state index in [1.54, 1.807) is 24.3 Å². The lowest BCUT2D eigenvalue weighted by Gasteiger charge is -2.21. The molecule has 1 saturated heterocycles. The van der Waals surface area contributed by atoms with Gasteiger partial charge in [-0.15, -0.1) is 0 Å². The number of hydrogen-bond donors (Lipinski definition) is 0. The number of benzene rings is 2. The van der Waals surface area contributed by atoms with E-state index in [0.717, 1.165) is 21.5 Å². The first-order valence-corrected chi connectivity index (χ1v) is 9.20. The lowest BCUT2D eigenvalue weighted by atomic mass is 9.90. The van der Waals surface area contributed by atoms with Crippen molar-refractivity contribution in [2.24, 2.45) is 5.92 Å². The summed E-state index contributed by atoms with van der Waals surface area (Å²) in [5.41, 5.74) is -1.02. The average molecular weight is 454 g/mol. The van der Waals surface area contributed by atoms with Crippen molar-refractivity contribution in [2.45, 2.75) is 25.6 Å². The van der Waals surface area contributed by atoms with Crippen LogP contribution >= 0.6 is 15.9 Å². The third-order valence-corrected chi connectivity index (χ3v) is 5.24. The van der Waals surface area contributed by atoms with Crippen molar-refractivity contribution >= 4 is 33.5 Å². The Kier molecular flexibility index (Phi) is 5.43. The second-order valence-corrected chi connectivity index (χ2v) is 7.41. The molecule has 0 bridgehead atoms. The molecule has 1 heterocycles. The maximum absolute atomic E-state index is 13.3. The van der Waals surface area contributed by atoms with Crippen LogP contribution in [0.5, 0.6) is 0 Å². The maximum Gasteiger partial charge on any atom is 0.417 e. The number of likely N-dealkylation sites (tertiary alicyclic amines) is 1. The Morgan fingerprint density at radius 3 is 2.25 bits per heavy atom. The normalized spacial score (nSPS) is 19.8. The molecule has 1 aliphatic rings. The lowest BCUT2D eigenvalue weighted by Crippen LogP contribution is -2.35. The molecule has 2 amide bonds. The first-order chi connectivity index (χ1) is 13.1. The van der Waals surface area contributed by atoms with E-state index in [0.29, 0.717) is 5.56 Å². The number of alkyl halides is 3. The van der Waals surface area contributed by atoms with E-state index >= 15 is 0 Å². The first kappa shape index (κ1) is 20.3. The molecular weight excluding hydrogens is 439 g/mol. The molecule has 28 heavy (non-hydrogen) atoms. The van der Waals surface area contributed by atoms with E-state index in [4.69, 9.17) is 0 Å². The molecule has 2 aromatic rings. The van der Waals surface area contributed by atoms with E-state index < -0.39 is 46.9 Å². The topological polar surface area (TPSA) is 54.5 Å². The van der Waals surface area contributed by atoms with Crippen LogP contribution in [0.1, 0.15) is 40.9 Å². The molecule has 0 aliphatic carbocycles. The van der Waals surface area contributed by atoms with E-state index in [9.17, 15) is 27.6 Å². The zero-order chi connectivity index (χ0) is 20.6. The number of Topliss-reactive ketones (excluding diaryl/α,β-unsaturated/α-hetero) is 1. The van der Waals surface area contributed by atoms with Gasteiger partial charge in [0.05, 0.1) is 11.6 Å². The highest BCUT2D eigenvalue weighted by molar-refractivity contribution is 9.10. The zero-order valence-electron chi connectivity index (χ0n) is 14.7. The van der Waals surface area contributed by atoms with Crippen LogP contribution in [-0.2, 0) is 15.8 Å². The standard InChI is InChI=1S/C20H15BrF3NO3/c1-11(26)25-17(12-6-8-13(21)9-7-12)10-15(19(25)28)18(27)14-4-2-3-5-16(14)20(22,23)24/h2-9,15,17H,10H2,1H3. The second-order valence-electron chi connectivity index (χ2n) is 6.49. The monoisotopic (exact) mass is 453 g/mol. The molecule has 0 radical (unpaired) electrons. The van der Waals surface area contributed by atoms with Gasteiger partial charge in [-0.3, -0.25) is 19.3 Å². The smallest absolute Gasteiger partial charge is 0.293 e. The van der Waals surface area contributed by atoms with Gasteiger partial charge in [0, 0.05) is 17.0 Å². The Bertz CT molecular complexity index is 940. The van der Waals surface area contributed by atoms with Crippen LogP contribution in [0.15, 0.2) is 53.0 Å². The minimum absolute atomic E-state index is 0.0644. The van der Waals surface area contributed by atoms with E-state index in [1.807, 2.05) is 0 Å². The fourth-order valence-electron chi connectivity index (χ4n) is 3.45. The number of carbonyl (C=O) groups excluding carboxylic acids is 3. The number of halogens is 4. The molecule has 1 fully saturated rings. The summed E-state index contributed by atoms with van der Waals surface area (Å²) < 4.78 is 40.6. The summed E-state index contributed by atoms with van der Waals surface area (Å²) in [6.07, 6.45) is -4.79. The van der Waals surface area contributed by atoms with Gasteiger partial charge >= 0.3 is 6.18 Å². The van der Waals surface area contributed by atoms with Crippen molar-refractivity contribution in [3.8, 4) is 0 Å². The molecule has 0 aromatic heterocycles. The predicted octanol–water partition coefficient (Wildman–Crippen LogP) is 4.79. The Morgan fingerprint density at radius 2 is 1.68 bits per heavy atom. The van der Waals surface area contributed by atoms with E-state index in [1.165, 1.54) is 19.1 Å². The highest BCUT2D eigenvalue weighted by Gasteiger charge is 2.47. The minimum Gasteiger partial charge on any atom is -0.293 e. The van der Waals surface area contributed by atoms with Gasteiger partial charge in [-0.05, 0) is 30.2 Å². The molecule has 0 N–H and O–H groups in total. The molecule has 0 saturated carbocycles. The Morgan fingerprint density at radius 1 is 1.07 bits per heavy atom. The van der Waals surface area contributed by atoms with Gasteiger partial charge in [0.25, 0.3) is 0 Å². The number of carbonyl (C=O) groups is 3. The number of amides is 2. The molecule has 8 heteroatoms. The molecule has 146 valence electrons. The Labute approximate surface area is 167 Å². The molecule has 2 unspecified atom stereocenters. The van der Waals surface area contributed by atoms with Crippen LogP contribution in [0.2, 0.25) is 0 Å². The number of hydrogen-bond acceptors (Lipinski definition) is 3. The molecule has 3 rings (SSSR count). The van der Waals surface area contributed by atoms with Crippen LogP contribution in [0, 0.1) is 5.92 Å². The summed E-state index contributed by atoms with van der Waals surface area (Å²) in [5, 5.41) is 0. The summed E-state index contributed by atoms with van der Waals surface area (Å²) in [7, 11) is 0. The van der Waals surface area contributed by atoms with Crippen molar-refractivity contribution in [1.29, 1.82) is 0 Å². The second kappa shape index (κ2) is 7.50. The third-order valence-electron chi connectivity index (χ3n) is 4.71. The lowest BCUT2D eigenvalue weighted by molar-refractivity contribution is -0.144. The van der Waals surface area contributed by atoms with Gasteiger partial charge in [0.2, 0.25) is 11.8 Å². The van der Waals surface area contributed by atoms with Crippen molar-refractivity contribution in [1.82, 2.24) is 4.90 Å². The van der Waals surface area contributed by atoms with Gasteiger partial charge in [-0.2, -0.15) is 13.2 Å². The van der Waals surface area contributed by atoms with Crippen LogP contribution in [0.25, 0.3) is 0 Å². The van der Waals surface area contributed by atoms with Crippen molar-refractivity contribution in [2.75, 3.05) is 0 Å². The molecule has 4 nitrogen and oxygen atoms in total. The fraction of sp³-hybridized carbons (Fsp3) is 0.250. The quantitative estimate of drug-likeness (QED) is 0.495. The summed E-state index contributed by atoms with van der Waals surface area (Å²) in [4.78, 5) is 38.6. The van der Waals surface area contributed by atoms with E-state index in [2.05, 4.69) is 15.9 Å². The third kappa shape index (κ3) is 3.73. The summed E-state index contributed by atoms with van der Waals surface area (Å²) >= 11 is 3.29. The van der Waals surface area contributed by atoms with Gasteiger partial charge in [-0.1, -0.05) is 46.3 Å². The summed E-state index contributed by atoms with van der Waals surface area (Å²) in [5.74, 6) is -3.61. The largest absolute Gasteiger partial charge is 0.417 e. The van der Waals surface area contributed by atoms with Crippen LogP contribution < -0.4 is 0 Å². The predicted molar refractivity (Wildman–Crippen MR) is 98.3 cm³/mol. The number of rotatable bonds is 3. The summed E-state index contributed by atoms with van der Waals surface area (Å²) in [6, 6.07) is 10.5. The number of ketones is 1. The van der Waals surface area contributed by atoms with Crippen LogP contribution in [-0.4, -0.2) is 22.5 Å². The highest BCUT2D eigenvalue weighted by atomic mass is 79.9. The highest BCUT2D eigenvalue weighted by Crippen LogP contribution is 2.40. The van der Waals surface area contributed by atoms with Crippen molar-refractivity contribution in [3.63, 3.8) is 0 Å². The fourth-order valence-corrected chi connectivity index (χ4v) is 3.71. The van der Waals surface area contributed by atoms with E-state index in [-0.39, 0.29) is 6.42 Å². The van der Waals surface area contributed by atoms with Gasteiger partial charge in [-0.25, -0.2) is 0 Å². The SMILES string of the molecule is CC(=O)N1C(=O)C(C(=O)c2ccccc2C(F)(F)F)CC1c1ccc(Br)cc1. The van der Waals surface area contributed by atoms with Crippen LogP contribution in [0.3, 0.4) is 0 Å². The van der Waals surface area contributed by atoms with Crippen molar-refractivity contribution < 1.29 is 27.6 Å². The average Bonchev–Trinajstić information content (AvgIpc) is 2.98. The molecule has 1 aliphatic heterocycles. The molecular formula is C20H15BrF3NO3. The maximum atomic E-state index is 13.3. The molecule has 0 spiro atoms. The Hall–Kier alpha value is -2.48. The van der Waals surface area contributed by atoms with Gasteiger partial charge in [0.15, 0.2) is 5.78 Å². The summed E-state index contributed by atoms with van der Waals surface area (Å²) in [6.45, 7) is 1.19. The molecule has 2 atom stereocenters. The minimum atomic E-state index is -4.72. The van der Waals surface area contributed by atoms with Gasteiger partial charge in [0.1, 0.15) is 5.92 Å².